The topological polar surface area (TPSA) is 85.8 Å². The number of hydrogen-bond donors (Lipinski definition) is 0. The molecular formula is C13H14N2O5. The third-order valence-electron chi connectivity index (χ3n) is 2.72. The lowest BCUT2D eigenvalue weighted by Gasteiger charge is -2.14. The Bertz CT molecular complexity index is 588. The van der Waals surface area contributed by atoms with Gasteiger partial charge in [-0.05, 0) is 12.1 Å². The van der Waals surface area contributed by atoms with Crippen LogP contribution in [0, 0.1) is 0 Å². The smallest absolute Gasteiger partial charge is 0.307 e. The summed E-state index contributed by atoms with van der Waals surface area (Å²) in [5.41, 5.74) is 0.156. The summed E-state index contributed by atoms with van der Waals surface area (Å²) in [6, 6.07) is 4.91. The van der Waals surface area contributed by atoms with Crippen LogP contribution in [0.5, 0.6) is 0 Å². The largest absolute Gasteiger partial charge is 0.469 e. The van der Waals surface area contributed by atoms with Gasteiger partial charge in [0, 0.05) is 19.7 Å². The number of furan rings is 1. The lowest BCUT2D eigenvalue weighted by molar-refractivity contribution is -0.140. The van der Waals surface area contributed by atoms with Gasteiger partial charge in [-0.2, -0.15) is 0 Å². The zero-order valence-electron chi connectivity index (χ0n) is 11.2. The van der Waals surface area contributed by atoms with Crippen molar-refractivity contribution in [2.24, 2.45) is 0 Å². The summed E-state index contributed by atoms with van der Waals surface area (Å²) in [6.07, 6.45) is 1.63. The summed E-state index contributed by atoms with van der Waals surface area (Å²) in [4.78, 5) is 24.5. The van der Waals surface area contributed by atoms with E-state index in [1.165, 1.54) is 24.3 Å². The average molecular weight is 278 g/mol. The van der Waals surface area contributed by atoms with E-state index >= 15 is 0 Å². The highest BCUT2D eigenvalue weighted by Gasteiger charge is 2.19. The van der Waals surface area contributed by atoms with Gasteiger partial charge in [-0.15, -0.1) is 0 Å². The Kier molecular flexibility index (Phi) is 4.19. The molecule has 0 aliphatic rings. The molecule has 2 rings (SSSR count). The third-order valence-corrected chi connectivity index (χ3v) is 2.72. The molecule has 0 spiro atoms. The SMILES string of the molecule is COC(=O)CCN(C)C(=O)c1cc(-c2ccco2)on1. The Balaban J connectivity index is 2.00. The zero-order chi connectivity index (χ0) is 14.5. The quantitative estimate of drug-likeness (QED) is 0.772. The molecule has 0 unspecified atom stereocenters. The summed E-state index contributed by atoms with van der Waals surface area (Å²) in [5, 5.41) is 3.70. The molecule has 0 saturated heterocycles. The van der Waals surface area contributed by atoms with Crippen molar-refractivity contribution in [2.45, 2.75) is 6.42 Å². The predicted octanol–water partition coefficient (Wildman–Crippen LogP) is 1.57. The number of aromatic nitrogens is 1. The van der Waals surface area contributed by atoms with Crippen molar-refractivity contribution in [3.05, 3.63) is 30.2 Å². The van der Waals surface area contributed by atoms with Crippen molar-refractivity contribution in [3.8, 4) is 11.5 Å². The van der Waals surface area contributed by atoms with Gasteiger partial charge in [-0.25, -0.2) is 0 Å². The van der Waals surface area contributed by atoms with E-state index in [4.69, 9.17) is 8.94 Å². The van der Waals surface area contributed by atoms with Gasteiger partial charge in [0.25, 0.3) is 5.91 Å². The van der Waals surface area contributed by atoms with Crippen LogP contribution in [0.15, 0.2) is 33.4 Å². The zero-order valence-corrected chi connectivity index (χ0v) is 11.2. The molecular weight excluding hydrogens is 264 g/mol. The molecule has 0 bridgehead atoms. The van der Waals surface area contributed by atoms with Gasteiger partial charge in [-0.1, -0.05) is 5.16 Å². The van der Waals surface area contributed by atoms with Crippen LogP contribution < -0.4 is 0 Å². The minimum atomic E-state index is -0.374. The average Bonchev–Trinajstić information content (AvgIpc) is 3.13. The van der Waals surface area contributed by atoms with Crippen molar-refractivity contribution < 1.29 is 23.3 Å². The van der Waals surface area contributed by atoms with E-state index in [9.17, 15) is 9.59 Å². The Morgan fingerprint density at radius 2 is 2.20 bits per heavy atom. The monoisotopic (exact) mass is 278 g/mol. The maximum absolute atomic E-state index is 12.0. The first-order valence-corrected chi connectivity index (χ1v) is 5.94. The molecule has 0 radical (unpaired) electrons. The molecule has 0 aromatic carbocycles. The first-order chi connectivity index (χ1) is 9.61. The van der Waals surface area contributed by atoms with Crippen molar-refractivity contribution >= 4 is 11.9 Å². The molecule has 20 heavy (non-hydrogen) atoms. The van der Waals surface area contributed by atoms with E-state index in [0.717, 1.165) is 0 Å². The lowest BCUT2D eigenvalue weighted by Crippen LogP contribution is -2.29. The fraction of sp³-hybridized carbons (Fsp3) is 0.308. The first kappa shape index (κ1) is 13.9. The molecule has 7 heteroatoms. The van der Waals surface area contributed by atoms with Gasteiger partial charge in [0.15, 0.2) is 11.5 Å². The van der Waals surface area contributed by atoms with E-state index in [1.807, 2.05) is 0 Å². The second-order valence-electron chi connectivity index (χ2n) is 4.11. The number of nitrogens with zero attached hydrogens (tertiary/aromatic N) is 2. The number of amides is 1. The molecule has 0 atom stereocenters. The van der Waals surface area contributed by atoms with Crippen molar-refractivity contribution in [1.82, 2.24) is 10.1 Å². The minimum absolute atomic E-state index is 0.127. The Hall–Kier alpha value is -2.57. The molecule has 2 aromatic heterocycles. The van der Waals surface area contributed by atoms with Gasteiger partial charge >= 0.3 is 5.97 Å². The summed E-state index contributed by atoms with van der Waals surface area (Å²) in [7, 11) is 2.88. The highest BCUT2D eigenvalue weighted by Crippen LogP contribution is 2.20. The van der Waals surface area contributed by atoms with E-state index in [0.29, 0.717) is 11.5 Å². The molecule has 0 N–H and O–H groups in total. The Morgan fingerprint density at radius 3 is 2.85 bits per heavy atom. The van der Waals surface area contributed by atoms with Gasteiger partial charge in [0.1, 0.15) is 0 Å². The summed E-state index contributed by atoms with van der Waals surface area (Å²) < 4.78 is 14.7. The maximum atomic E-state index is 12.0. The normalized spacial score (nSPS) is 10.3. The lowest BCUT2D eigenvalue weighted by atomic mass is 10.3. The summed E-state index contributed by atoms with van der Waals surface area (Å²) in [6.45, 7) is 0.244. The maximum Gasteiger partial charge on any atom is 0.307 e. The fourth-order valence-corrected chi connectivity index (χ4v) is 1.57. The second kappa shape index (κ2) is 6.05. The molecule has 2 heterocycles. The second-order valence-corrected chi connectivity index (χ2v) is 4.11. The van der Waals surface area contributed by atoms with Gasteiger partial charge in [-0.3, -0.25) is 9.59 Å². The van der Waals surface area contributed by atoms with Crippen LogP contribution in [0.4, 0.5) is 0 Å². The predicted molar refractivity (Wildman–Crippen MR) is 67.8 cm³/mol. The summed E-state index contributed by atoms with van der Waals surface area (Å²) >= 11 is 0. The van der Waals surface area contributed by atoms with Crippen molar-refractivity contribution in [2.75, 3.05) is 20.7 Å². The minimum Gasteiger partial charge on any atom is -0.469 e. The number of ether oxygens (including phenoxy) is 1. The van der Waals surface area contributed by atoms with Crippen LogP contribution in [0.1, 0.15) is 16.9 Å². The van der Waals surface area contributed by atoms with Crippen LogP contribution in [0.3, 0.4) is 0 Å². The third kappa shape index (κ3) is 3.05. The van der Waals surface area contributed by atoms with Crippen LogP contribution in [0.25, 0.3) is 11.5 Å². The van der Waals surface area contributed by atoms with E-state index in [2.05, 4.69) is 9.89 Å². The first-order valence-electron chi connectivity index (χ1n) is 5.94. The fourth-order valence-electron chi connectivity index (χ4n) is 1.57. The molecule has 106 valence electrons. The number of methoxy groups -OCH3 is 1. The van der Waals surface area contributed by atoms with Crippen molar-refractivity contribution in [1.29, 1.82) is 0 Å². The number of carbonyl (C=O) groups excluding carboxylic acids is 2. The molecule has 0 aliphatic carbocycles. The van der Waals surface area contributed by atoms with Crippen LogP contribution in [-0.4, -0.2) is 42.6 Å². The molecule has 1 amide bonds. The molecule has 2 aromatic rings. The molecule has 7 nitrogen and oxygen atoms in total. The highest BCUT2D eigenvalue weighted by atomic mass is 16.5. The van der Waals surface area contributed by atoms with E-state index in [-0.39, 0.29) is 30.5 Å². The molecule has 0 saturated carbocycles. The van der Waals surface area contributed by atoms with Gasteiger partial charge < -0.3 is 18.6 Å². The number of rotatable bonds is 5. The number of esters is 1. The van der Waals surface area contributed by atoms with Gasteiger partial charge in [0.05, 0.1) is 19.8 Å². The van der Waals surface area contributed by atoms with Crippen LogP contribution in [0.2, 0.25) is 0 Å². The Morgan fingerprint density at radius 1 is 1.40 bits per heavy atom. The standard InChI is InChI=1S/C13H14N2O5/c1-15(6-5-12(16)18-2)13(17)9-8-11(20-14-9)10-4-3-7-19-10/h3-4,7-8H,5-6H2,1-2H3. The molecule has 0 aliphatic heterocycles. The van der Waals surface area contributed by atoms with Crippen LogP contribution >= 0.6 is 0 Å². The van der Waals surface area contributed by atoms with E-state index in [1.54, 1.807) is 19.2 Å². The summed E-state index contributed by atoms with van der Waals surface area (Å²) in [5.74, 6) is 0.157. The number of hydrogen-bond acceptors (Lipinski definition) is 6. The van der Waals surface area contributed by atoms with Gasteiger partial charge in [0.2, 0.25) is 5.76 Å². The number of carbonyl (C=O) groups is 2. The Labute approximate surface area is 115 Å². The highest BCUT2D eigenvalue weighted by molar-refractivity contribution is 5.93. The van der Waals surface area contributed by atoms with Crippen LogP contribution in [-0.2, 0) is 9.53 Å². The molecule has 0 fully saturated rings. The van der Waals surface area contributed by atoms with E-state index < -0.39 is 0 Å². The van der Waals surface area contributed by atoms with Crippen molar-refractivity contribution in [3.63, 3.8) is 0 Å².